The fourth-order valence-corrected chi connectivity index (χ4v) is 2.79. The summed E-state index contributed by atoms with van der Waals surface area (Å²) in [5, 5.41) is 4.85. The monoisotopic (exact) mass is 356 g/mol. The molecular formula is C18H16N2O6. The van der Waals surface area contributed by atoms with Crippen molar-refractivity contribution in [3.05, 3.63) is 47.0 Å². The van der Waals surface area contributed by atoms with E-state index in [1.807, 2.05) is 0 Å². The summed E-state index contributed by atoms with van der Waals surface area (Å²) in [6, 6.07) is 7.73. The predicted octanol–water partition coefficient (Wildman–Crippen LogP) is 1.85. The van der Waals surface area contributed by atoms with E-state index in [1.165, 1.54) is 33.5 Å². The first-order valence-electron chi connectivity index (χ1n) is 7.60. The van der Waals surface area contributed by atoms with Crippen LogP contribution in [0.1, 0.15) is 31.1 Å². The highest BCUT2D eigenvalue weighted by atomic mass is 16.5. The molecule has 0 fully saturated rings. The summed E-state index contributed by atoms with van der Waals surface area (Å²) >= 11 is 0. The predicted molar refractivity (Wildman–Crippen MR) is 92.3 cm³/mol. The van der Waals surface area contributed by atoms with Crippen molar-refractivity contribution in [3.63, 3.8) is 0 Å². The molecule has 0 aliphatic carbocycles. The zero-order chi connectivity index (χ0) is 18.8. The first kappa shape index (κ1) is 17.3. The molecule has 0 radical (unpaired) electrons. The van der Waals surface area contributed by atoms with E-state index in [-0.39, 0.29) is 33.9 Å². The first-order valence-corrected chi connectivity index (χ1v) is 7.60. The van der Waals surface area contributed by atoms with E-state index in [4.69, 9.17) is 14.2 Å². The Balaban J connectivity index is 2.01. The lowest BCUT2D eigenvalue weighted by Gasteiger charge is -2.16. The number of ether oxygens (including phenoxy) is 3. The van der Waals surface area contributed by atoms with Gasteiger partial charge in [-0.2, -0.15) is 0 Å². The van der Waals surface area contributed by atoms with Crippen LogP contribution in [0.25, 0.3) is 0 Å². The second-order valence-corrected chi connectivity index (χ2v) is 5.35. The Morgan fingerprint density at radius 2 is 1.65 bits per heavy atom. The summed E-state index contributed by atoms with van der Waals surface area (Å²) in [4.78, 5) is 36.5. The summed E-state index contributed by atoms with van der Waals surface area (Å²) < 4.78 is 15.8. The molecule has 1 aliphatic heterocycles. The molecule has 26 heavy (non-hydrogen) atoms. The number of fused-ring (bicyclic) bond motifs is 1. The fourth-order valence-electron chi connectivity index (χ4n) is 2.79. The summed E-state index contributed by atoms with van der Waals surface area (Å²) in [6.07, 6.45) is 0. The number of benzene rings is 2. The minimum atomic E-state index is -0.555. The second kappa shape index (κ2) is 6.75. The Bertz CT molecular complexity index is 922. The van der Waals surface area contributed by atoms with Crippen LogP contribution in [-0.4, -0.2) is 39.1 Å². The van der Waals surface area contributed by atoms with E-state index < -0.39 is 17.7 Å². The quantitative estimate of drug-likeness (QED) is 0.793. The molecule has 0 saturated carbocycles. The fraction of sp³-hybridized carbons (Fsp3) is 0.167. The number of hydrogen-bond acceptors (Lipinski definition) is 6. The van der Waals surface area contributed by atoms with Gasteiger partial charge in [0.25, 0.3) is 17.7 Å². The molecule has 3 rings (SSSR count). The average molecular weight is 356 g/mol. The van der Waals surface area contributed by atoms with Crippen molar-refractivity contribution >= 4 is 23.4 Å². The molecule has 8 heteroatoms. The third-order valence-electron chi connectivity index (χ3n) is 3.96. The van der Waals surface area contributed by atoms with Gasteiger partial charge in [-0.05, 0) is 24.3 Å². The number of carbonyl (C=O) groups is 3. The van der Waals surface area contributed by atoms with Crippen LogP contribution in [0.4, 0.5) is 5.69 Å². The van der Waals surface area contributed by atoms with E-state index in [2.05, 4.69) is 10.6 Å². The topological polar surface area (TPSA) is 103 Å². The zero-order valence-electron chi connectivity index (χ0n) is 14.3. The molecule has 3 amide bonds. The van der Waals surface area contributed by atoms with Gasteiger partial charge >= 0.3 is 0 Å². The van der Waals surface area contributed by atoms with Gasteiger partial charge in [0.15, 0.2) is 11.5 Å². The summed E-state index contributed by atoms with van der Waals surface area (Å²) in [5.41, 5.74) is 0.762. The van der Waals surface area contributed by atoms with Crippen LogP contribution in [0, 0.1) is 0 Å². The lowest BCUT2D eigenvalue weighted by molar-refractivity contribution is 0.0879. The highest BCUT2D eigenvalue weighted by molar-refractivity contribution is 6.25. The lowest BCUT2D eigenvalue weighted by Crippen LogP contribution is -2.21. The van der Waals surface area contributed by atoms with Crippen LogP contribution in [0.2, 0.25) is 0 Å². The smallest absolute Gasteiger partial charge is 0.261 e. The summed E-state index contributed by atoms with van der Waals surface area (Å²) in [5.74, 6) is -0.703. The first-order chi connectivity index (χ1) is 12.5. The average Bonchev–Trinajstić information content (AvgIpc) is 2.95. The normalized spacial score (nSPS) is 12.3. The third kappa shape index (κ3) is 2.71. The van der Waals surface area contributed by atoms with Gasteiger partial charge in [0.05, 0.1) is 43.7 Å². The molecule has 2 aromatic carbocycles. The Labute approximate surface area is 149 Å². The van der Waals surface area contributed by atoms with Crippen molar-refractivity contribution in [2.75, 3.05) is 26.6 Å². The van der Waals surface area contributed by atoms with Gasteiger partial charge in [-0.3, -0.25) is 19.7 Å². The Morgan fingerprint density at radius 3 is 2.31 bits per heavy atom. The number of hydrogen-bond donors (Lipinski definition) is 2. The maximum Gasteiger partial charge on any atom is 0.261 e. The highest BCUT2D eigenvalue weighted by Gasteiger charge is 2.30. The number of methoxy groups -OCH3 is 3. The molecular weight excluding hydrogens is 340 g/mol. The molecule has 1 heterocycles. The van der Waals surface area contributed by atoms with Gasteiger partial charge in [0.1, 0.15) is 0 Å². The van der Waals surface area contributed by atoms with E-state index in [0.29, 0.717) is 5.75 Å². The number of carbonyl (C=O) groups excluding carboxylic acids is 3. The summed E-state index contributed by atoms with van der Waals surface area (Å²) in [7, 11) is 4.31. The lowest BCUT2D eigenvalue weighted by atomic mass is 10.1. The van der Waals surface area contributed by atoms with Gasteiger partial charge in [0.2, 0.25) is 5.75 Å². The van der Waals surface area contributed by atoms with Crippen molar-refractivity contribution in [2.24, 2.45) is 0 Å². The van der Waals surface area contributed by atoms with Crippen molar-refractivity contribution in [3.8, 4) is 17.2 Å². The van der Waals surface area contributed by atoms with Crippen LogP contribution >= 0.6 is 0 Å². The van der Waals surface area contributed by atoms with Crippen LogP contribution in [0.15, 0.2) is 30.3 Å². The maximum atomic E-state index is 12.7. The maximum absolute atomic E-state index is 12.7. The number of anilines is 1. The molecule has 134 valence electrons. The van der Waals surface area contributed by atoms with E-state index >= 15 is 0 Å². The molecule has 0 aromatic heterocycles. The highest BCUT2D eigenvalue weighted by Crippen LogP contribution is 2.40. The number of nitrogens with one attached hydrogen (secondary N) is 2. The SMILES string of the molecule is COc1ccc(C(=O)Nc2cccc3c2C(=O)NC3=O)c(OC)c1OC. The van der Waals surface area contributed by atoms with E-state index in [9.17, 15) is 14.4 Å². The third-order valence-corrected chi connectivity index (χ3v) is 3.96. The molecule has 2 N–H and O–H groups in total. The van der Waals surface area contributed by atoms with Crippen LogP contribution in [0.5, 0.6) is 17.2 Å². The van der Waals surface area contributed by atoms with Crippen molar-refractivity contribution < 1.29 is 28.6 Å². The Kier molecular flexibility index (Phi) is 4.49. The Morgan fingerprint density at radius 1 is 0.923 bits per heavy atom. The molecule has 8 nitrogen and oxygen atoms in total. The Hall–Kier alpha value is -3.55. The number of imide groups is 1. The largest absolute Gasteiger partial charge is 0.493 e. The van der Waals surface area contributed by atoms with Crippen molar-refractivity contribution in [2.45, 2.75) is 0 Å². The zero-order valence-corrected chi connectivity index (χ0v) is 14.3. The van der Waals surface area contributed by atoms with Gasteiger partial charge in [-0.15, -0.1) is 0 Å². The van der Waals surface area contributed by atoms with Crippen LogP contribution in [-0.2, 0) is 0 Å². The molecule has 0 atom stereocenters. The minimum absolute atomic E-state index is 0.130. The minimum Gasteiger partial charge on any atom is -0.493 e. The van der Waals surface area contributed by atoms with E-state index in [1.54, 1.807) is 18.2 Å². The van der Waals surface area contributed by atoms with Gasteiger partial charge in [-0.25, -0.2) is 0 Å². The molecule has 0 unspecified atom stereocenters. The second-order valence-electron chi connectivity index (χ2n) is 5.35. The van der Waals surface area contributed by atoms with Crippen molar-refractivity contribution in [1.82, 2.24) is 5.32 Å². The molecule has 0 bridgehead atoms. The molecule has 1 aliphatic rings. The van der Waals surface area contributed by atoms with Gasteiger partial charge in [0, 0.05) is 0 Å². The molecule has 0 spiro atoms. The molecule has 0 saturated heterocycles. The van der Waals surface area contributed by atoms with Crippen LogP contribution < -0.4 is 24.8 Å². The van der Waals surface area contributed by atoms with E-state index in [0.717, 1.165) is 0 Å². The van der Waals surface area contributed by atoms with Crippen LogP contribution in [0.3, 0.4) is 0 Å². The summed E-state index contributed by atoms with van der Waals surface area (Å²) in [6.45, 7) is 0. The van der Waals surface area contributed by atoms with Crippen molar-refractivity contribution in [1.29, 1.82) is 0 Å². The van der Waals surface area contributed by atoms with Gasteiger partial charge in [-0.1, -0.05) is 6.07 Å². The van der Waals surface area contributed by atoms with Gasteiger partial charge < -0.3 is 19.5 Å². The number of rotatable bonds is 5. The standard InChI is InChI=1S/C18H16N2O6/c1-24-12-8-7-10(14(25-2)15(12)26-3)17(22)19-11-6-4-5-9-13(11)18(23)20-16(9)21/h4-8H,1-3H3,(H,19,22)(H,20,21,23). The molecule has 2 aromatic rings. The number of amides is 3.